The van der Waals surface area contributed by atoms with Gasteiger partial charge in [0.25, 0.3) is 0 Å². The zero-order valence-electron chi connectivity index (χ0n) is 12.1. The number of rotatable bonds is 3. The molecule has 1 aromatic rings. The number of carbonyl (C=O) groups is 1. The molecule has 1 aliphatic carbocycles. The van der Waals surface area contributed by atoms with Crippen LogP contribution in [0.2, 0.25) is 0 Å². The highest BCUT2D eigenvalue weighted by Gasteiger charge is 2.32. The summed E-state index contributed by atoms with van der Waals surface area (Å²) in [5, 5.41) is 3.66. The molecule has 1 saturated carbocycles. The Kier molecular flexibility index (Phi) is 3.76. The zero-order valence-corrected chi connectivity index (χ0v) is 12.1. The maximum atomic E-state index is 12.1. The molecule has 108 valence electrons. The van der Waals surface area contributed by atoms with Crippen molar-refractivity contribution in [2.75, 3.05) is 19.1 Å². The molecule has 0 spiro atoms. The average molecular weight is 274 g/mol. The lowest BCUT2D eigenvalue weighted by atomic mass is 9.95. The third kappa shape index (κ3) is 2.45. The molecule has 1 amide bonds. The molecule has 1 N–H and O–H groups in total. The molecule has 1 heterocycles. The van der Waals surface area contributed by atoms with Crippen molar-refractivity contribution in [2.45, 2.75) is 43.9 Å². The molecular weight excluding hydrogens is 252 g/mol. The first-order valence-electron chi connectivity index (χ1n) is 7.33. The summed E-state index contributed by atoms with van der Waals surface area (Å²) in [7, 11) is 3.63. The molecule has 3 atom stereocenters. The Labute approximate surface area is 120 Å². The Morgan fingerprint density at radius 2 is 2.10 bits per heavy atom. The molecule has 0 radical (unpaired) electrons. The maximum Gasteiger partial charge on any atom is 0.228 e. The molecule has 3 unspecified atom stereocenters. The summed E-state index contributed by atoms with van der Waals surface area (Å²) < 4.78 is 5.42. The lowest BCUT2D eigenvalue weighted by molar-refractivity contribution is -0.119. The van der Waals surface area contributed by atoms with Crippen molar-refractivity contribution >= 4 is 11.6 Å². The van der Waals surface area contributed by atoms with Crippen molar-refractivity contribution in [2.24, 2.45) is 0 Å². The van der Waals surface area contributed by atoms with Gasteiger partial charge in [-0.3, -0.25) is 4.79 Å². The third-order valence-electron chi connectivity index (χ3n) is 4.58. The fourth-order valence-corrected chi connectivity index (χ4v) is 3.38. The van der Waals surface area contributed by atoms with Gasteiger partial charge >= 0.3 is 0 Å². The van der Waals surface area contributed by atoms with Gasteiger partial charge in [-0.25, -0.2) is 0 Å². The molecule has 0 saturated heterocycles. The fourth-order valence-electron chi connectivity index (χ4n) is 3.38. The number of methoxy groups -OCH3 is 1. The van der Waals surface area contributed by atoms with Crippen LogP contribution in [0.15, 0.2) is 24.3 Å². The van der Waals surface area contributed by atoms with Crippen molar-refractivity contribution in [1.82, 2.24) is 5.32 Å². The number of nitrogens with one attached hydrogen (secondary N) is 1. The summed E-state index contributed by atoms with van der Waals surface area (Å²) in [6.07, 6.45) is 4.18. The summed E-state index contributed by atoms with van der Waals surface area (Å²) in [6.45, 7) is 0. The fraction of sp³-hybridized carbons (Fsp3) is 0.562. The lowest BCUT2D eigenvalue weighted by Crippen LogP contribution is -2.40. The Hall–Kier alpha value is -1.39. The van der Waals surface area contributed by atoms with Crippen LogP contribution in [0.25, 0.3) is 0 Å². The number of nitrogens with zero attached hydrogens (tertiary/aromatic N) is 1. The number of anilines is 1. The molecule has 0 bridgehead atoms. The van der Waals surface area contributed by atoms with Crippen LogP contribution in [0.4, 0.5) is 5.69 Å². The van der Waals surface area contributed by atoms with Crippen LogP contribution in [0.1, 0.15) is 37.3 Å². The van der Waals surface area contributed by atoms with Gasteiger partial charge in [-0.2, -0.15) is 0 Å². The summed E-state index contributed by atoms with van der Waals surface area (Å²) in [6, 6.07) is 8.77. The average Bonchev–Trinajstić information content (AvgIpc) is 2.92. The van der Waals surface area contributed by atoms with E-state index >= 15 is 0 Å². The van der Waals surface area contributed by atoms with E-state index in [1.807, 2.05) is 25.2 Å². The van der Waals surface area contributed by atoms with Crippen LogP contribution in [-0.4, -0.2) is 32.2 Å². The molecule has 4 nitrogen and oxygen atoms in total. The second-order valence-electron chi connectivity index (χ2n) is 5.80. The topological polar surface area (TPSA) is 41.6 Å². The van der Waals surface area contributed by atoms with Crippen LogP contribution < -0.4 is 10.2 Å². The number of ether oxygens (including phenoxy) is 1. The first kappa shape index (κ1) is 13.6. The summed E-state index contributed by atoms with van der Waals surface area (Å²) in [4.78, 5) is 13.9. The number of hydrogen-bond donors (Lipinski definition) is 1. The van der Waals surface area contributed by atoms with Gasteiger partial charge in [0.15, 0.2) is 0 Å². The standard InChI is InChI=1S/C16H22N2O2/c1-18-15-6-4-3-5-13(15)14(10-16(18)19)17-11-7-8-12(9-11)20-2/h3-6,11-12,14,17H,7-10H2,1-2H3. The predicted molar refractivity (Wildman–Crippen MR) is 78.8 cm³/mol. The lowest BCUT2D eigenvalue weighted by Gasteiger charge is -2.33. The predicted octanol–water partition coefficient (Wildman–Crippen LogP) is 2.25. The van der Waals surface area contributed by atoms with Gasteiger partial charge in [0, 0.05) is 38.3 Å². The van der Waals surface area contributed by atoms with Crippen LogP contribution in [0.5, 0.6) is 0 Å². The van der Waals surface area contributed by atoms with Gasteiger partial charge in [-0.15, -0.1) is 0 Å². The number of carbonyl (C=O) groups excluding carboxylic acids is 1. The Balaban J connectivity index is 1.77. The van der Waals surface area contributed by atoms with E-state index in [1.165, 1.54) is 5.56 Å². The van der Waals surface area contributed by atoms with E-state index in [9.17, 15) is 4.79 Å². The van der Waals surface area contributed by atoms with E-state index in [0.717, 1.165) is 24.9 Å². The minimum absolute atomic E-state index is 0.135. The van der Waals surface area contributed by atoms with E-state index in [0.29, 0.717) is 18.6 Å². The molecule has 4 heteroatoms. The van der Waals surface area contributed by atoms with Gasteiger partial charge in [0.2, 0.25) is 5.91 Å². The molecule has 1 aromatic carbocycles. The Morgan fingerprint density at radius 3 is 2.85 bits per heavy atom. The largest absolute Gasteiger partial charge is 0.381 e. The summed E-state index contributed by atoms with van der Waals surface area (Å²) >= 11 is 0. The normalized spacial score (nSPS) is 29.6. The highest BCUT2D eigenvalue weighted by atomic mass is 16.5. The van der Waals surface area contributed by atoms with Crippen LogP contribution in [0, 0.1) is 0 Å². The van der Waals surface area contributed by atoms with Gasteiger partial charge < -0.3 is 15.0 Å². The Morgan fingerprint density at radius 1 is 1.30 bits per heavy atom. The second kappa shape index (κ2) is 5.54. The van der Waals surface area contributed by atoms with E-state index < -0.39 is 0 Å². The number of benzene rings is 1. The summed E-state index contributed by atoms with van der Waals surface area (Å²) in [5.41, 5.74) is 2.26. The smallest absolute Gasteiger partial charge is 0.228 e. The van der Waals surface area contributed by atoms with E-state index in [1.54, 1.807) is 12.0 Å². The van der Waals surface area contributed by atoms with Crippen molar-refractivity contribution in [3.8, 4) is 0 Å². The molecule has 3 rings (SSSR count). The highest BCUT2D eigenvalue weighted by molar-refractivity contribution is 5.96. The van der Waals surface area contributed by atoms with Crippen molar-refractivity contribution in [3.05, 3.63) is 29.8 Å². The molecule has 1 fully saturated rings. The molecule has 2 aliphatic rings. The number of amides is 1. The molecular formula is C16H22N2O2. The van der Waals surface area contributed by atoms with Crippen molar-refractivity contribution in [3.63, 3.8) is 0 Å². The van der Waals surface area contributed by atoms with Crippen LogP contribution in [-0.2, 0) is 9.53 Å². The number of fused-ring (bicyclic) bond motifs is 1. The van der Waals surface area contributed by atoms with Crippen LogP contribution >= 0.6 is 0 Å². The van der Waals surface area contributed by atoms with E-state index in [-0.39, 0.29) is 11.9 Å². The minimum atomic E-state index is 0.135. The first-order chi connectivity index (χ1) is 9.69. The highest BCUT2D eigenvalue weighted by Crippen LogP contribution is 2.35. The van der Waals surface area contributed by atoms with Gasteiger partial charge in [-0.05, 0) is 30.9 Å². The van der Waals surface area contributed by atoms with Crippen molar-refractivity contribution in [1.29, 1.82) is 0 Å². The second-order valence-corrected chi connectivity index (χ2v) is 5.80. The zero-order chi connectivity index (χ0) is 14.1. The van der Waals surface area contributed by atoms with Gasteiger partial charge in [0.1, 0.15) is 0 Å². The van der Waals surface area contributed by atoms with E-state index in [4.69, 9.17) is 4.74 Å². The van der Waals surface area contributed by atoms with E-state index in [2.05, 4.69) is 11.4 Å². The van der Waals surface area contributed by atoms with Crippen molar-refractivity contribution < 1.29 is 9.53 Å². The minimum Gasteiger partial charge on any atom is -0.381 e. The summed E-state index contributed by atoms with van der Waals surface area (Å²) in [5.74, 6) is 0.183. The molecule has 0 aromatic heterocycles. The van der Waals surface area contributed by atoms with Gasteiger partial charge in [0.05, 0.1) is 6.10 Å². The SMILES string of the molecule is COC1CCC(NC2CC(=O)N(C)c3ccccc32)C1. The molecule has 20 heavy (non-hydrogen) atoms. The quantitative estimate of drug-likeness (QED) is 0.919. The molecule has 1 aliphatic heterocycles. The monoisotopic (exact) mass is 274 g/mol. The number of hydrogen-bond acceptors (Lipinski definition) is 3. The number of para-hydroxylation sites is 1. The maximum absolute atomic E-state index is 12.1. The van der Waals surface area contributed by atoms with Gasteiger partial charge in [-0.1, -0.05) is 18.2 Å². The first-order valence-corrected chi connectivity index (χ1v) is 7.33. The Bertz CT molecular complexity index is 503. The van der Waals surface area contributed by atoms with Crippen LogP contribution in [0.3, 0.4) is 0 Å². The third-order valence-corrected chi connectivity index (χ3v) is 4.58.